The van der Waals surface area contributed by atoms with Gasteiger partial charge in [-0.2, -0.15) is 0 Å². The van der Waals surface area contributed by atoms with Crippen molar-refractivity contribution in [1.29, 1.82) is 0 Å². The zero-order chi connectivity index (χ0) is 7.28. The number of rotatable bonds is 2. The fourth-order valence-corrected chi connectivity index (χ4v) is 0.787. The normalized spacial score (nSPS) is 8.22. The Morgan fingerprint density at radius 1 is 1.11 bits per heavy atom. The third kappa shape index (κ3) is 3.72. The van der Waals surface area contributed by atoms with Crippen LogP contribution in [0.1, 0.15) is 0 Å². The lowest BCUT2D eigenvalue weighted by molar-refractivity contribution is 0.190. The van der Waals surface area contributed by atoms with Gasteiger partial charge in [-0.05, 0) is 0 Å². The molecule has 0 aliphatic heterocycles. The van der Waals surface area contributed by atoms with Gasteiger partial charge in [0.1, 0.15) is 0 Å². The van der Waals surface area contributed by atoms with Gasteiger partial charge in [-0.1, -0.05) is 0 Å². The van der Waals surface area contributed by atoms with E-state index in [4.69, 9.17) is 0 Å². The van der Waals surface area contributed by atoms with Gasteiger partial charge in [0.25, 0.3) is 20.7 Å². The van der Waals surface area contributed by atoms with Crippen LogP contribution in [0.25, 0.3) is 0 Å². The topological polar surface area (TPSA) is 52.6 Å². The van der Waals surface area contributed by atoms with E-state index < -0.39 is 20.7 Å². The Kier molecular flexibility index (Phi) is 3.70. The Bertz CT molecular complexity index is 108. The van der Waals surface area contributed by atoms with Gasteiger partial charge in [-0.3, -0.25) is 9.59 Å². The maximum atomic E-state index is 10.3. The highest BCUT2D eigenvalue weighted by Crippen LogP contribution is 1.78. The molecule has 0 unspecified atom stereocenters. The lowest BCUT2D eigenvalue weighted by atomic mass is 11.4. The highest BCUT2D eigenvalue weighted by Gasteiger charge is 2.09. The molecule has 0 aromatic heterocycles. The summed E-state index contributed by atoms with van der Waals surface area (Å²) in [6.45, 7) is 0. The Morgan fingerprint density at radius 3 is 1.67 bits per heavy atom. The number of hydrogen-bond donors (Lipinski definition) is 0. The van der Waals surface area contributed by atoms with Crippen molar-refractivity contribution in [3.05, 3.63) is 0 Å². The average molecular weight is 148 g/mol. The molecule has 0 amide bonds. The van der Waals surface area contributed by atoms with E-state index in [1.165, 1.54) is 14.2 Å². The summed E-state index contributed by atoms with van der Waals surface area (Å²) >= 11 is 0. The second kappa shape index (κ2) is 4.08. The van der Waals surface area contributed by atoms with Crippen LogP contribution in [0, 0.1) is 0 Å². The fourth-order valence-electron chi connectivity index (χ4n) is 0.262. The SMILES string of the molecule is COC(=O)[SiH2]C(=O)OC. The van der Waals surface area contributed by atoms with Crippen LogP contribution in [0.15, 0.2) is 0 Å². The first-order valence-electron chi connectivity index (χ1n) is 2.34. The van der Waals surface area contributed by atoms with Crippen LogP contribution in [-0.2, 0) is 9.47 Å². The summed E-state index contributed by atoms with van der Waals surface area (Å²) in [6, 6.07) is 0. The van der Waals surface area contributed by atoms with Crippen molar-refractivity contribution in [1.82, 2.24) is 0 Å². The first-order valence-corrected chi connectivity index (χ1v) is 3.75. The van der Waals surface area contributed by atoms with E-state index in [0.29, 0.717) is 0 Å². The monoisotopic (exact) mass is 148 g/mol. The van der Waals surface area contributed by atoms with Gasteiger partial charge in [-0.25, -0.2) is 0 Å². The Hall–Kier alpha value is -0.843. The van der Waals surface area contributed by atoms with Crippen molar-refractivity contribution >= 4 is 20.7 Å². The molecule has 52 valence electrons. The van der Waals surface area contributed by atoms with Crippen molar-refractivity contribution < 1.29 is 19.1 Å². The van der Waals surface area contributed by atoms with Gasteiger partial charge in [0.15, 0.2) is 0 Å². The number of carbonyl (C=O) groups excluding carboxylic acids is 2. The molecule has 4 nitrogen and oxygen atoms in total. The van der Waals surface area contributed by atoms with Gasteiger partial charge in [0, 0.05) is 0 Å². The second-order valence-electron chi connectivity index (χ2n) is 1.33. The number of methoxy groups -OCH3 is 2. The Morgan fingerprint density at radius 2 is 1.44 bits per heavy atom. The summed E-state index contributed by atoms with van der Waals surface area (Å²) in [7, 11) is 1.03. The van der Waals surface area contributed by atoms with E-state index in [1.54, 1.807) is 0 Å². The molecule has 0 atom stereocenters. The summed E-state index contributed by atoms with van der Waals surface area (Å²) in [5.41, 5.74) is -0.885. The van der Waals surface area contributed by atoms with Crippen LogP contribution in [0.3, 0.4) is 0 Å². The lowest BCUT2D eigenvalue weighted by Gasteiger charge is -1.94. The van der Waals surface area contributed by atoms with E-state index in [0.717, 1.165) is 0 Å². The molecule has 0 saturated heterocycles. The largest absolute Gasteiger partial charge is 0.473 e. The smallest absolute Gasteiger partial charge is 0.282 e. The highest BCUT2D eigenvalue weighted by atomic mass is 28.2. The molecule has 0 aliphatic carbocycles. The first kappa shape index (κ1) is 8.16. The summed E-state index contributed by atoms with van der Waals surface area (Å²) in [5, 5.41) is 0. The van der Waals surface area contributed by atoms with E-state index in [1.807, 2.05) is 0 Å². The summed E-state index contributed by atoms with van der Waals surface area (Å²) in [4.78, 5) is 20.6. The van der Waals surface area contributed by atoms with Gasteiger partial charge in [0.05, 0.1) is 14.2 Å². The molecule has 0 saturated carbocycles. The average Bonchev–Trinajstić information content (AvgIpc) is 1.87. The zero-order valence-electron chi connectivity index (χ0n) is 5.34. The maximum absolute atomic E-state index is 10.3. The molecule has 0 bridgehead atoms. The molecule has 0 N–H and O–H groups in total. The molecule has 0 radical (unpaired) electrons. The molecule has 5 heteroatoms. The molecule has 0 heterocycles. The van der Waals surface area contributed by atoms with E-state index in [9.17, 15) is 9.59 Å². The minimum Gasteiger partial charge on any atom is -0.473 e. The van der Waals surface area contributed by atoms with Crippen LogP contribution >= 0.6 is 0 Å². The second-order valence-corrected chi connectivity index (χ2v) is 2.84. The lowest BCUT2D eigenvalue weighted by Crippen LogP contribution is -2.19. The van der Waals surface area contributed by atoms with Gasteiger partial charge in [0.2, 0.25) is 0 Å². The zero-order valence-corrected chi connectivity index (χ0v) is 6.75. The van der Waals surface area contributed by atoms with E-state index in [2.05, 4.69) is 9.47 Å². The molecular formula is C4H8O4Si. The van der Waals surface area contributed by atoms with Crippen LogP contribution in [-0.4, -0.2) is 34.9 Å². The number of hydrogen-bond acceptors (Lipinski definition) is 4. The molecule has 0 aromatic rings. The van der Waals surface area contributed by atoms with E-state index in [-0.39, 0.29) is 0 Å². The molecular weight excluding hydrogens is 140 g/mol. The molecule has 0 spiro atoms. The Labute approximate surface area is 55.0 Å². The van der Waals surface area contributed by atoms with E-state index >= 15 is 0 Å². The Balaban J connectivity index is 3.47. The van der Waals surface area contributed by atoms with Crippen LogP contribution in [0.4, 0.5) is 9.59 Å². The van der Waals surface area contributed by atoms with Crippen molar-refractivity contribution in [2.24, 2.45) is 0 Å². The van der Waals surface area contributed by atoms with Gasteiger partial charge < -0.3 is 9.47 Å². The minimum atomic E-state index is -1.46. The summed E-state index contributed by atoms with van der Waals surface area (Å²) in [6.07, 6.45) is 0. The van der Waals surface area contributed by atoms with Crippen molar-refractivity contribution in [2.45, 2.75) is 0 Å². The predicted molar refractivity (Wildman–Crippen MR) is 33.4 cm³/mol. The molecule has 0 rings (SSSR count). The van der Waals surface area contributed by atoms with Crippen LogP contribution in [0.2, 0.25) is 0 Å². The first-order chi connectivity index (χ1) is 4.20. The van der Waals surface area contributed by atoms with Crippen LogP contribution < -0.4 is 0 Å². The summed E-state index contributed by atoms with van der Waals surface area (Å²) in [5.74, 6) is 0. The molecule has 0 fully saturated rings. The fraction of sp³-hybridized carbons (Fsp3) is 0.500. The third-order valence-electron chi connectivity index (χ3n) is 0.744. The predicted octanol–water partition coefficient (Wildman–Crippen LogP) is -0.312. The number of ether oxygens (including phenoxy) is 2. The summed E-state index contributed by atoms with van der Waals surface area (Å²) < 4.78 is 8.49. The van der Waals surface area contributed by atoms with Crippen LogP contribution in [0.5, 0.6) is 0 Å². The van der Waals surface area contributed by atoms with Crippen molar-refractivity contribution in [3.63, 3.8) is 0 Å². The molecule has 0 aliphatic rings. The molecule has 9 heavy (non-hydrogen) atoms. The third-order valence-corrected chi connectivity index (χ3v) is 1.90. The minimum absolute atomic E-state index is 0.443. The van der Waals surface area contributed by atoms with Crippen molar-refractivity contribution in [3.8, 4) is 0 Å². The standard InChI is InChI=1S/C4H8O4Si/c1-7-3(5)9-4(6)8-2/h9H2,1-2H3. The highest BCUT2D eigenvalue weighted by molar-refractivity contribution is 6.94. The quantitative estimate of drug-likeness (QED) is 0.504. The van der Waals surface area contributed by atoms with Crippen molar-refractivity contribution in [2.75, 3.05) is 14.2 Å². The van der Waals surface area contributed by atoms with Gasteiger partial charge in [-0.15, -0.1) is 0 Å². The van der Waals surface area contributed by atoms with Gasteiger partial charge >= 0.3 is 0 Å². The molecule has 0 aromatic carbocycles. The number of carbonyl (C=O) groups is 2. The maximum Gasteiger partial charge on any atom is 0.282 e.